The molecule has 4 rings (SSSR count). The molecule has 1 unspecified atom stereocenters. The van der Waals surface area contributed by atoms with Crippen LogP contribution in [-0.2, 0) is 12.0 Å². The van der Waals surface area contributed by atoms with E-state index in [0.29, 0.717) is 5.56 Å². The van der Waals surface area contributed by atoms with Gasteiger partial charge in [-0.1, -0.05) is 6.07 Å². The predicted octanol–water partition coefficient (Wildman–Crippen LogP) is 5.71. The van der Waals surface area contributed by atoms with E-state index in [1.807, 2.05) is 47.3 Å². The van der Waals surface area contributed by atoms with Crippen molar-refractivity contribution < 1.29 is 4.74 Å². The zero-order valence-electron chi connectivity index (χ0n) is 18.1. The van der Waals surface area contributed by atoms with Crippen LogP contribution in [0.1, 0.15) is 62.0 Å². The lowest BCUT2D eigenvalue weighted by molar-refractivity contribution is 0.183. The Morgan fingerprint density at radius 1 is 1.26 bits per heavy atom. The van der Waals surface area contributed by atoms with Gasteiger partial charge in [-0.25, -0.2) is 0 Å². The maximum atomic E-state index is 9.17. The Labute approximate surface area is 183 Å². The third-order valence-corrected chi connectivity index (χ3v) is 5.54. The lowest BCUT2D eigenvalue weighted by atomic mass is 9.88. The third kappa shape index (κ3) is 4.46. The molecule has 0 radical (unpaired) electrons. The van der Waals surface area contributed by atoms with E-state index in [0.717, 1.165) is 47.5 Å². The van der Waals surface area contributed by atoms with E-state index in [1.165, 1.54) is 11.8 Å². The van der Waals surface area contributed by atoms with E-state index in [4.69, 9.17) is 10.1 Å². The average Bonchev–Trinajstić information content (AvgIpc) is 3.23. The zero-order valence-corrected chi connectivity index (χ0v) is 18.1. The molecule has 2 N–H and O–H groups in total. The molecule has 0 bridgehead atoms. The summed E-state index contributed by atoms with van der Waals surface area (Å²) in [5.74, 6) is 0.749. The van der Waals surface area contributed by atoms with E-state index < -0.39 is 0 Å². The Bertz CT molecular complexity index is 1150. The quantitative estimate of drug-likeness (QED) is 0.525. The van der Waals surface area contributed by atoms with Crippen LogP contribution in [0.15, 0.2) is 48.8 Å². The summed E-state index contributed by atoms with van der Waals surface area (Å²) in [5.41, 5.74) is 5.38. The standard InChI is InChI=1S/C25H27N5O/c1-25(2,3)30-16-20(15-28-30)29-23-12-21(9-8-19(23)14-27)31-24-6-4-5-18-11-17(13-26)7-10-22(18)24/h7-12,14-16,24,27,29H,4-6H2,1-3H3. The molecule has 1 atom stereocenters. The first kappa shape index (κ1) is 20.7. The average molecular weight is 414 g/mol. The van der Waals surface area contributed by atoms with Crippen LogP contribution in [0.25, 0.3) is 0 Å². The second kappa shape index (κ2) is 8.27. The first-order chi connectivity index (χ1) is 14.9. The minimum absolute atomic E-state index is 0.0428. The van der Waals surface area contributed by atoms with Gasteiger partial charge in [0.15, 0.2) is 0 Å². The number of nitrogens with one attached hydrogen (secondary N) is 2. The maximum absolute atomic E-state index is 9.17. The van der Waals surface area contributed by atoms with E-state index >= 15 is 0 Å². The highest BCUT2D eigenvalue weighted by Gasteiger charge is 2.22. The molecule has 1 heterocycles. The lowest BCUT2D eigenvalue weighted by Crippen LogP contribution is -2.21. The van der Waals surface area contributed by atoms with E-state index in [-0.39, 0.29) is 11.6 Å². The molecule has 0 amide bonds. The van der Waals surface area contributed by atoms with Crippen LogP contribution in [0, 0.1) is 16.7 Å². The van der Waals surface area contributed by atoms with Gasteiger partial charge in [-0.3, -0.25) is 4.68 Å². The lowest BCUT2D eigenvalue weighted by Gasteiger charge is -2.27. The van der Waals surface area contributed by atoms with E-state index in [9.17, 15) is 5.26 Å². The number of anilines is 2. The largest absolute Gasteiger partial charge is 0.486 e. The molecule has 0 aliphatic heterocycles. The summed E-state index contributed by atoms with van der Waals surface area (Å²) in [4.78, 5) is 0. The number of hydrogen-bond donors (Lipinski definition) is 2. The molecule has 2 aromatic carbocycles. The monoisotopic (exact) mass is 413 g/mol. The van der Waals surface area contributed by atoms with Gasteiger partial charge in [0, 0.05) is 24.0 Å². The number of aromatic nitrogens is 2. The molecule has 158 valence electrons. The van der Waals surface area contributed by atoms with Gasteiger partial charge in [-0.2, -0.15) is 10.4 Å². The van der Waals surface area contributed by atoms with Crippen LogP contribution < -0.4 is 10.1 Å². The van der Waals surface area contributed by atoms with Crippen LogP contribution in [-0.4, -0.2) is 16.0 Å². The highest BCUT2D eigenvalue weighted by atomic mass is 16.5. The molecule has 1 aliphatic carbocycles. The molecule has 0 fully saturated rings. The zero-order chi connectivity index (χ0) is 22.0. The van der Waals surface area contributed by atoms with Crippen molar-refractivity contribution in [3.05, 3.63) is 71.0 Å². The molecule has 0 spiro atoms. The van der Waals surface area contributed by atoms with Crippen LogP contribution in [0.3, 0.4) is 0 Å². The van der Waals surface area contributed by atoms with Crippen molar-refractivity contribution in [2.45, 2.75) is 51.7 Å². The number of ether oxygens (including phenoxy) is 1. The fourth-order valence-electron chi connectivity index (χ4n) is 3.88. The summed E-state index contributed by atoms with van der Waals surface area (Å²) in [6.45, 7) is 6.30. The highest BCUT2D eigenvalue weighted by Crippen LogP contribution is 2.35. The summed E-state index contributed by atoms with van der Waals surface area (Å²) in [6, 6.07) is 13.8. The number of aryl methyl sites for hydroxylation is 1. The van der Waals surface area contributed by atoms with Gasteiger partial charge in [0.2, 0.25) is 0 Å². The van der Waals surface area contributed by atoms with Crippen molar-refractivity contribution in [2.75, 3.05) is 5.32 Å². The first-order valence-corrected chi connectivity index (χ1v) is 10.5. The van der Waals surface area contributed by atoms with Crippen LogP contribution in [0.5, 0.6) is 5.75 Å². The molecule has 1 aliphatic rings. The van der Waals surface area contributed by atoms with Gasteiger partial charge in [-0.15, -0.1) is 0 Å². The summed E-state index contributed by atoms with van der Waals surface area (Å²) in [5, 5.41) is 24.7. The number of nitrogens with zero attached hydrogens (tertiary/aromatic N) is 3. The number of fused-ring (bicyclic) bond motifs is 1. The number of hydrogen-bond acceptors (Lipinski definition) is 5. The molecule has 0 saturated carbocycles. The number of benzene rings is 2. The molecule has 6 nitrogen and oxygen atoms in total. The Hall–Kier alpha value is -3.59. The fourth-order valence-corrected chi connectivity index (χ4v) is 3.88. The minimum Gasteiger partial charge on any atom is -0.486 e. The van der Waals surface area contributed by atoms with Gasteiger partial charge in [-0.05, 0) is 75.4 Å². The van der Waals surface area contributed by atoms with Crippen molar-refractivity contribution in [1.82, 2.24) is 9.78 Å². The van der Waals surface area contributed by atoms with Crippen LogP contribution in [0.2, 0.25) is 0 Å². The van der Waals surface area contributed by atoms with E-state index in [1.54, 1.807) is 6.20 Å². The van der Waals surface area contributed by atoms with E-state index in [2.05, 4.69) is 37.3 Å². The third-order valence-electron chi connectivity index (χ3n) is 5.54. The molecular weight excluding hydrogens is 386 g/mol. The van der Waals surface area contributed by atoms with Gasteiger partial charge in [0.1, 0.15) is 11.9 Å². The Morgan fingerprint density at radius 2 is 2.10 bits per heavy atom. The highest BCUT2D eigenvalue weighted by molar-refractivity contribution is 5.87. The summed E-state index contributed by atoms with van der Waals surface area (Å²) < 4.78 is 8.28. The second-order valence-corrected chi connectivity index (χ2v) is 8.89. The normalized spacial score (nSPS) is 15.6. The van der Waals surface area contributed by atoms with Crippen molar-refractivity contribution >= 4 is 17.6 Å². The smallest absolute Gasteiger partial charge is 0.124 e. The topological polar surface area (TPSA) is 86.7 Å². The molecule has 3 aromatic rings. The number of rotatable bonds is 5. The van der Waals surface area contributed by atoms with Gasteiger partial charge < -0.3 is 15.5 Å². The Balaban J connectivity index is 1.58. The fraction of sp³-hybridized carbons (Fsp3) is 0.320. The molecule has 6 heteroatoms. The second-order valence-electron chi connectivity index (χ2n) is 8.89. The molecule has 31 heavy (non-hydrogen) atoms. The maximum Gasteiger partial charge on any atom is 0.124 e. The summed E-state index contributed by atoms with van der Waals surface area (Å²) in [7, 11) is 0. The predicted molar refractivity (Wildman–Crippen MR) is 122 cm³/mol. The minimum atomic E-state index is -0.102. The van der Waals surface area contributed by atoms with Gasteiger partial charge in [0.05, 0.1) is 34.7 Å². The Kier molecular flexibility index (Phi) is 5.51. The van der Waals surface area contributed by atoms with Crippen LogP contribution >= 0.6 is 0 Å². The SMILES string of the molecule is CC(C)(C)n1cc(Nc2cc(OC3CCCc4cc(C#N)ccc43)ccc2C=N)cn1. The Morgan fingerprint density at radius 3 is 2.81 bits per heavy atom. The van der Waals surface area contributed by atoms with Gasteiger partial charge in [0.25, 0.3) is 0 Å². The van der Waals surface area contributed by atoms with Crippen molar-refractivity contribution in [3.63, 3.8) is 0 Å². The van der Waals surface area contributed by atoms with Crippen molar-refractivity contribution in [1.29, 1.82) is 10.7 Å². The van der Waals surface area contributed by atoms with Crippen molar-refractivity contribution in [3.8, 4) is 11.8 Å². The molecule has 0 saturated heterocycles. The first-order valence-electron chi connectivity index (χ1n) is 10.5. The van der Waals surface area contributed by atoms with Gasteiger partial charge >= 0.3 is 0 Å². The molecule has 1 aromatic heterocycles. The summed E-state index contributed by atoms with van der Waals surface area (Å²) >= 11 is 0. The van der Waals surface area contributed by atoms with Crippen LogP contribution in [0.4, 0.5) is 11.4 Å². The van der Waals surface area contributed by atoms with Crippen molar-refractivity contribution in [2.24, 2.45) is 0 Å². The molecular formula is C25H27N5O. The summed E-state index contributed by atoms with van der Waals surface area (Å²) in [6.07, 6.45) is 7.98. The number of nitriles is 1.